The molecule has 0 radical (unpaired) electrons. The predicted octanol–water partition coefficient (Wildman–Crippen LogP) is 4.92. The molecule has 0 N–H and O–H groups in total. The second kappa shape index (κ2) is 9.71. The van der Waals surface area contributed by atoms with Gasteiger partial charge in [0.2, 0.25) is 5.91 Å². The highest BCUT2D eigenvalue weighted by atomic mass is 32.2. The number of carbonyl (C=O) groups is 1. The lowest BCUT2D eigenvalue weighted by atomic mass is 9.89. The Hall–Kier alpha value is -2.16. The van der Waals surface area contributed by atoms with Crippen LogP contribution in [0.3, 0.4) is 0 Å². The molecule has 8 heteroatoms. The van der Waals surface area contributed by atoms with E-state index in [-0.39, 0.29) is 29.4 Å². The van der Waals surface area contributed by atoms with Gasteiger partial charge in [-0.15, -0.1) is 11.3 Å². The van der Waals surface area contributed by atoms with Gasteiger partial charge in [0.15, 0.2) is 5.16 Å². The molecule has 1 aliphatic carbocycles. The van der Waals surface area contributed by atoms with Gasteiger partial charge in [-0.05, 0) is 75.6 Å². The SMILES string of the molecule is Cc1ccc(C)c(-n2c(SCC(=O)N3CC(C)OC(C)C3)nc3sc4c(c3c2=O)CCC(C)C4)c1. The van der Waals surface area contributed by atoms with Gasteiger partial charge in [0, 0.05) is 18.0 Å². The molecule has 6 nitrogen and oxygen atoms in total. The van der Waals surface area contributed by atoms with Crippen molar-refractivity contribution in [2.24, 2.45) is 5.92 Å². The Morgan fingerprint density at radius 2 is 1.94 bits per heavy atom. The second-order valence-corrected chi connectivity index (χ2v) is 12.2. The topological polar surface area (TPSA) is 64.4 Å². The smallest absolute Gasteiger partial charge is 0.267 e. The van der Waals surface area contributed by atoms with E-state index in [1.54, 1.807) is 15.9 Å². The van der Waals surface area contributed by atoms with Crippen molar-refractivity contribution in [2.45, 2.75) is 71.2 Å². The zero-order chi connectivity index (χ0) is 24.9. The Labute approximate surface area is 214 Å². The zero-order valence-electron chi connectivity index (χ0n) is 21.1. The maximum absolute atomic E-state index is 14.1. The number of hydrogen-bond donors (Lipinski definition) is 0. The lowest BCUT2D eigenvalue weighted by Crippen LogP contribution is -2.48. The highest BCUT2D eigenvalue weighted by Gasteiger charge is 2.28. The van der Waals surface area contributed by atoms with Crippen LogP contribution in [-0.2, 0) is 22.4 Å². The number of carbonyl (C=O) groups excluding carboxylic acids is 1. The van der Waals surface area contributed by atoms with E-state index in [9.17, 15) is 9.59 Å². The van der Waals surface area contributed by atoms with Crippen molar-refractivity contribution in [1.82, 2.24) is 14.5 Å². The minimum atomic E-state index is -0.0145. The number of rotatable bonds is 4. The Bertz CT molecular complexity index is 1340. The number of ether oxygens (including phenoxy) is 1. The van der Waals surface area contributed by atoms with Gasteiger partial charge in [-0.2, -0.15) is 0 Å². The molecule has 1 aliphatic heterocycles. The van der Waals surface area contributed by atoms with Crippen molar-refractivity contribution in [3.8, 4) is 5.69 Å². The molecule has 5 rings (SSSR count). The lowest BCUT2D eigenvalue weighted by Gasteiger charge is -2.35. The van der Waals surface area contributed by atoms with Crippen LogP contribution in [0.2, 0.25) is 0 Å². The van der Waals surface area contributed by atoms with E-state index in [1.165, 1.54) is 22.2 Å². The van der Waals surface area contributed by atoms with Crippen LogP contribution < -0.4 is 5.56 Å². The van der Waals surface area contributed by atoms with Crippen LogP contribution in [-0.4, -0.2) is 51.4 Å². The fraction of sp³-hybridized carbons (Fsp3) is 0.519. The molecule has 3 heterocycles. The summed E-state index contributed by atoms with van der Waals surface area (Å²) in [6.07, 6.45) is 3.08. The number of morpholine rings is 1. The third-order valence-electron chi connectivity index (χ3n) is 7.00. The van der Waals surface area contributed by atoms with Crippen LogP contribution in [0.25, 0.3) is 15.9 Å². The highest BCUT2D eigenvalue weighted by molar-refractivity contribution is 7.99. The number of benzene rings is 1. The molecule has 186 valence electrons. The maximum Gasteiger partial charge on any atom is 0.267 e. The number of hydrogen-bond acceptors (Lipinski definition) is 6. The van der Waals surface area contributed by atoms with Crippen LogP contribution >= 0.6 is 23.1 Å². The van der Waals surface area contributed by atoms with Crippen molar-refractivity contribution in [1.29, 1.82) is 0 Å². The fourth-order valence-electron chi connectivity index (χ4n) is 5.24. The van der Waals surface area contributed by atoms with E-state index < -0.39 is 0 Å². The molecule has 0 spiro atoms. The summed E-state index contributed by atoms with van der Waals surface area (Å²) in [6, 6.07) is 6.14. The van der Waals surface area contributed by atoms with Gasteiger partial charge < -0.3 is 9.64 Å². The van der Waals surface area contributed by atoms with Gasteiger partial charge in [0.05, 0.1) is 29.0 Å². The van der Waals surface area contributed by atoms with Crippen LogP contribution in [0.4, 0.5) is 0 Å². The molecule has 1 aromatic carbocycles. The molecular weight excluding hydrogens is 478 g/mol. The van der Waals surface area contributed by atoms with Gasteiger partial charge in [-0.25, -0.2) is 4.98 Å². The quantitative estimate of drug-likeness (QED) is 0.368. The van der Waals surface area contributed by atoms with E-state index in [0.29, 0.717) is 24.2 Å². The number of nitrogens with zero attached hydrogens (tertiary/aromatic N) is 3. The summed E-state index contributed by atoms with van der Waals surface area (Å²) >= 11 is 3.02. The van der Waals surface area contributed by atoms with Crippen molar-refractivity contribution in [3.05, 3.63) is 50.1 Å². The van der Waals surface area contributed by atoms with E-state index in [1.807, 2.05) is 44.7 Å². The summed E-state index contributed by atoms with van der Waals surface area (Å²) in [5, 5.41) is 1.36. The third-order valence-corrected chi connectivity index (χ3v) is 9.07. The van der Waals surface area contributed by atoms with Crippen molar-refractivity contribution in [3.63, 3.8) is 0 Å². The number of fused-ring (bicyclic) bond motifs is 3. The Kier molecular flexibility index (Phi) is 6.81. The molecular formula is C27H33N3O3S2. The van der Waals surface area contributed by atoms with Crippen molar-refractivity contribution < 1.29 is 9.53 Å². The standard InChI is InChI=1S/C27H33N3O3S2/c1-15-6-8-17(3)21(10-15)30-26(32)24-20-9-7-16(2)11-22(20)35-25(24)28-27(30)34-14-23(31)29-12-18(4)33-19(5)13-29/h6,8,10,16,18-19H,7,9,11-14H2,1-5H3. The number of amides is 1. The molecule has 3 aromatic rings. The molecule has 1 saturated heterocycles. The largest absolute Gasteiger partial charge is 0.372 e. The Morgan fingerprint density at radius 1 is 1.20 bits per heavy atom. The average molecular weight is 512 g/mol. The second-order valence-electron chi connectivity index (χ2n) is 10.2. The predicted molar refractivity (Wildman–Crippen MR) is 143 cm³/mol. The summed E-state index contributed by atoms with van der Waals surface area (Å²) in [4.78, 5) is 36.2. The number of thioether (sulfide) groups is 1. The molecule has 3 atom stereocenters. The summed E-state index contributed by atoms with van der Waals surface area (Å²) in [6.45, 7) is 11.5. The van der Waals surface area contributed by atoms with Crippen molar-refractivity contribution in [2.75, 3.05) is 18.8 Å². The first-order valence-electron chi connectivity index (χ1n) is 12.4. The summed E-state index contributed by atoms with van der Waals surface area (Å²) in [7, 11) is 0. The van der Waals surface area contributed by atoms with Gasteiger partial charge in [0.1, 0.15) is 4.83 Å². The van der Waals surface area contributed by atoms with Crippen LogP contribution in [0.1, 0.15) is 48.8 Å². The van der Waals surface area contributed by atoms with Gasteiger partial charge in [-0.3, -0.25) is 14.2 Å². The van der Waals surface area contributed by atoms with Gasteiger partial charge in [-0.1, -0.05) is 30.8 Å². The average Bonchev–Trinajstić information content (AvgIpc) is 3.16. The molecule has 0 saturated carbocycles. The Morgan fingerprint density at radius 3 is 2.69 bits per heavy atom. The molecule has 3 unspecified atom stereocenters. The molecule has 0 bridgehead atoms. The fourth-order valence-corrected chi connectivity index (χ4v) is 7.57. The number of aryl methyl sites for hydroxylation is 3. The van der Waals surface area contributed by atoms with E-state index in [2.05, 4.69) is 13.0 Å². The molecule has 1 fully saturated rings. The lowest BCUT2D eigenvalue weighted by molar-refractivity contribution is -0.140. The van der Waals surface area contributed by atoms with Crippen LogP contribution in [0.5, 0.6) is 0 Å². The van der Waals surface area contributed by atoms with Crippen LogP contribution in [0, 0.1) is 19.8 Å². The molecule has 2 aromatic heterocycles. The van der Waals surface area contributed by atoms with Crippen LogP contribution in [0.15, 0.2) is 28.2 Å². The first kappa shape index (κ1) is 24.5. The first-order valence-corrected chi connectivity index (χ1v) is 14.2. The van der Waals surface area contributed by atoms with Gasteiger partial charge in [0.25, 0.3) is 5.56 Å². The number of aromatic nitrogens is 2. The van der Waals surface area contributed by atoms with Gasteiger partial charge >= 0.3 is 0 Å². The molecule has 1 amide bonds. The van der Waals surface area contributed by atoms with E-state index in [0.717, 1.165) is 46.3 Å². The van der Waals surface area contributed by atoms with E-state index in [4.69, 9.17) is 9.72 Å². The maximum atomic E-state index is 14.1. The molecule has 35 heavy (non-hydrogen) atoms. The zero-order valence-corrected chi connectivity index (χ0v) is 22.7. The highest BCUT2D eigenvalue weighted by Crippen LogP contribution is 2.37. The minimum Gasteiger partial charge on any atom is -0.372 e. The summed E-state index contributed by atoms with van der Waals surface area (Å²) in [5.74, 6) is 0.921. The minimum absolute atomic E-state index is 0.0145. The first-order chi connectivity index (χ1) is 16.7. The third kappa shape index (κ3) is 4.80. The summed E-state index contributed by atoms with van der Waals surface area (Å²) < 4.78 is 7.53. The summed E-state index contributed by atoms with van der Waals surface area (Å²) in [5.41, 5.74) is 4.11. The number of thiophene rings is 1. The Balaban J connectivity index is 1.57. The van der Waals surface area contributed by atoms with Crippen molar-refractivity contribution >= 4 is 39.2 Å². The van der Waals surface area contributed by atoms with E-state index >= 15 is 0 Å². The molecule has 2 aliphatic rings. The normalized spacial score (nSPS) is 22.4. The monoisotopic (exact) mass is 511 g/mol.